The van der Waals surface area contributed by atoms with E-state index in [1.165, 1.54) is 24.3 Å². The van der Waals surface area contributed by atoms with E-state index in [4.69, 9.17) is 16.7 Å². The minimum Gasteiger partial charge on any atom is -0.478 e. The third kappa shape index (κ3) is 3.17. The summed E-state index contributed by atoms with van der Waals surface area (Å²) in [7, 11) is 0. The van der Waals surface area contributed by atoms with Crippen molar-refractivity contribution in [1.82, 2.24) is 0 Å². The van der Waals surface area contributed by atoms with Crippen LogP contribution in [0.25, 0.3) is 0 Å². The van der Waals surface area contributed by atoms with Crippen molar-refractivity contribution in [2.45, 2.75) is 0 Å². The quantitative estimate of drug-likeness (QED) is 0.910. The molecule has 0 bridgehead atoms. The standard InChI is InChI=1S/C14H8ClF2NO3/c15-8-5-4-7(6-10(8)17)13(19)18-11-3-1-2-9(16)12(11)14(20)21/h1-6H,(H,18,19)(H,20,21). The number of carbonyl (C=O) groups excluding carboxylic acids is 1. The van der Waals surface area contributed by atoms with Gasteiger partial charge in [0.2, 0.25) is 0 Å². The van der Waals surface area contributed by atoms with Crippen LogP contribution in [0.3, 0.4) is 0 Å². The van der Waals surface area contributed by atoms with E-state index in [2.05, 4.69) is 5.32 Å². The van der Waals surface area contributed by atoms with E-state index < -0.39 is 29.1 Å². The molecule has 0 aromatic heterocycles. The number of carbonyl (C=O) groups is 2. The summed E-state index contributed by atoms with van der Waals surface area (Å²) in [6, 6.07) is 6.80. The predicted molar refractivity (Wildman–Crippen MR) is 72.7 cm³/mol. The van der Waals surface area contributed by atoms with Gasteiger partial charge in [0.1, 0.15) is 17.2 Å². The lowest BCUT2D eigenvalue weighted by molar-refractivity contribution is 0.0693. The lowest BCUT2D eigenvalue weighted by Gasteiger charge is -2.09. The summed E-state index contributed by atoms with van der Waals surface area (Å²) >= 11 is 5.50. The van der Waals surface area contributed by atoms with Crippen LogP contribution in [0.1, 0.15) is 20.7 Å². The Labute approximate surface area is 123 Å². The van der Waals surface area contributed by atoms with Crippen LogP contribution >= 0.6 is 11.6 Å². The summed E-state index contributed by atoms with van der Waals surface area (Å²) in [5.41, 5.74) is -0.958. The zero-order valence-corrected chi connectivity index (χ0v) is 11.1. The highest BCUT2D eigenvalue weighted by Gasteiger charge is 2.18. The molecule has 0 spiro atoms. The van der Waals surface area contributed by atoms with E-state index >= 15 is 0 Å². The Hall–Kier alpha value is -2.47. The molecule has 0 atom stereocenters. The minimum absolute atomic E-state index is 0.0718. The number of rotatable bonds is 3. The van der Waals surface area contributed by atoms with Crippen molar-refractivity contribution >= 4 is 29.2 Å². The first-order valence-corrected chi connectivity index (χ1v) is 6.06. The van der Waals surface area contributed by atoms with Crippen molar-refractivity contribution in [3.63, 3.8) is 0 Å². The van der Waals surface area contributed by atoms with E-state index in [0.29, 0.717) is 0 Å². The monoisotopic (exact) mass is 311 g/mol. The van der Waals surface area contributed by atoms with Crippen LogP contribution < -0.4 is 5.32 Å². The molecule has 0 saturated carbocycles. The number of hydrogen-bond acceptors (Lipinski definition) is 2. The van der Waals surface area contributed by atoms with Gasteiger partial charge in [-0.15, -0.1) is 0 Å². The summed E-state index contributed by atoms with van der Waals surface area (Å²) in [5, 5.41) is 11.0. The summed E-state index contributed by atoms with van der Waals surface area (Å²) < 4.78 is 26.7. The molecular formula is C14H8ClF2NO3. The van der Waals surface area contributed by atoms with Crippen molar-refractivity contribution in [1.29, 1.82) is 0 Å². The molecule has 2 rings (SSSR count). The first-order chi connectivity index (χ1) is 9.90. The molecule has 0 fully saturated rings. The molecule has 0 heterocycles. The van der Waals surface area contributed by atoms with Crippen LogP contribution in [0.2, 0.25) is 5.02 Å². The van der Waals surface area contributed by atoms with Crippen molar-refractivity contribution in [3.8, 4) is 0 Å². The van der Waals surface area contributed by atoms with Gasteiger partial charge in [-0.1, -0.05) is 17.7 Å². The van der Waals surface area contributed by atoms with Gasteiger partial charge in [0.25, 0.3) is 5.91 Å². The van der Waals surface area contributed by atoms with Gasteiger partial charge in [-0.05, 0) is 30.3 Å². The Morgan fingerprint density at radius 3 is 2.43 bits per heavy atom. The normalized spacial score (nSPS) is 10.2. The Balaban J connectivity index is 2.34. The highest BCUT2D eigenvalue weighted by Crippen LogP contribution is 2.21. The van der Waals surface area contributed by atoms with Crippen molar-refractivity contribution in [3.05, 3.63) is 64.2 Å². The van der Waals surface area contributed by atoms with E-state index in [-0.39, 0.29) is 16.3 Å². The molecule has 2 aromatic rings. The summed E-state index contributed by atoms with van der Waals surface area (Å²) in [6.07, 6.45) is 0. The zero-order valence-electron chi connectivity index (χ0n) is 10.4. The lowest BCUT2D eigenvalue weighted by atomic mass is 10.1. The molecule has 0 aliphatic heterocycles. The van der Waals surface area contributed by atoms with Gasteiger partial charge in [-0.25, -0.2) is 13.6 Å². The lowest BCUT2D eigenvalue weighted by Crippen LogP contribution is -2.16. The number of carboxylic acid groups (broad SMARTS) is 1. The Morgan fingerprint density at radius 1 is 1.10 bits per heavy atom. The van der Waals surface area contributed by atoms with Gasteiger partial charge >= 0.3 is 5.97 Å². The molecule has 2 aromatic carbocycles. The number of hydrogen-bond donors (Lipinski definition) is 2. The Kier molecular flexibility index (Phi) is 4.18. The molecule has 108 valence electrons. The van der Waals surface area contributed by atoms with Crippen molar-refractivity contribution in [2.24, 2.45) is 0 Å². The van der Waals surface area contributed by atoms with Crippen LogP contribution in [-0.2, 0) is 0 Å². The molecule has 0 aliphatic rings. The van der Waals surface area contributed by atoms with Crippen LogP contribution in [0.5, 0.6) is 0 Å². The van der Waals surface area contributed by atoms with Gasteiger partial charge in [0, 0.05) is 5.56 Å². The average Bonchev–Trinajstić information content (AvgIpc) is 2.41. The molecule has 0 radical (unpaired) electrons. The maximum atomic E-state index is 13.5. The first kappa shape index (κ1) is 14.9. The summed E-state index contributed by atoms with van der Waals surface area (Å²) in [4.78, 5) is 22.9. The molecular weight excluding hydrogens is 304 g/mol. The number of amides is 1. The van der Waals surface area contributed by atoms with E-state index in [9.17, 15) is 18.4 Å². The van der Waals surface area contributed by atoms with Crippen molar-refractivity contribution in [2.75, 3.05) is 5.32 Å². The van der Waals surface area contributed by atoms with Gasteiger partial charge in [0.05, 0.1) is 10.7 Å². The highest BCUT2D eigenvalue weighted by molar-refractivity contribution is 6.30. The molecule has 7 heteroatoms. The van der Waals surface area contributed by atoms with Gasteiger partial charge in [-0.3, -0.25) is 4.79 Å². The highest BCUT2D eigenvalue weighted by atomic mass is 35.5. The maximum Gasteiger partial charge on any atom is 0.340 e. The maximum absolute atomic E-state index is 13.5. The first-order valence-electron chi connectivity index (χ1n) is 5.68. The molecule has 0 unspecified atom stereocenters. The summed E-state index contributed by atoms with van der Waals surface area (Å²) in [6.45, 7) is 0. The Morgan fingerprint density at radius 2 is 1.81 bits per heavy atom. The third-order valence-corrected chi connectivity index (χ3v) is 2.96. The molecule has 0 aliphatic carbocycles. The number of benzene rings is 2. The van der Waals surface area contributed by atoms with Crippen LogP contribution in [0.15, 0.2) is 36.4 Å². The molecule has 0 saturated heterocycles. The third-order valence-electron chi connectivity index (χ3n) is 2.66. The van der Waals surface area contributed by atoms with Crippen LogP contribution in [0.4, 0.5) is 14.5 Å². The number of aromatic carboxylic acids is 1. The SMILES string of the molecule is O=C(Nc1cccc(F)c1C(=O)O)c1ccc(Cl)c(F)c1. The second kappa shape index (κ2) is 5.88. The minimum atomic E-state index is -1.52. The average molecular weight is 312 g/mol. The van der Waals surface area contributed by atoms with E-state index in [1.54, 1.807) is 0 Å². The second-order valence-corrected chi connectivity index (χ2v) is 4.46. The fraction of sp³-hybridized carbons (Fsp3) is 0. The number of carboxylic acids is 1. The van der Waals surface area contributed by atoms with Crippen LogP contribution in [-0.4, -0.2) is 17.0 Å². The van der Waals surface area contributed by atoms with Crippen LogP contribution in [0, 0.1) is 11.6 Å². The number of anilines is 1. The number of nitrogens with one attached hydrogen (secondary N) is 1. The molecule has 1 amide bonds. The van der Waals surface area contributed by atoms with E-state index in [1.807, 2.05) is 0 Å². The van der Waals surface area contributed by atoms with Gasteiger partial charge < -0.3 is 10.4 Å². The zero-order chi connectivity index (χ0) is 15.6. The largest absolute Gasteiger partial charge is 0.478 e. The smallest absolute Gasteiger partial charge is 0.340 e. The number of halogens is 3. The fourth-order valence-electron chi connectivity index (χ4n) is 1.68. The van der Waals surface area contributed by atoms with Gasteiger partial charge in [0.15, 0.2) is 0 Å². The molecule has 2 N–H and O–H groups in total. The molecule has 4 nitrogen and oxygen atoms in total. The topological polar surface area (TPSA) is 66.4 Å². The van der Waals surface area contributed by atoms with Gasteiger partial charge in [-0.2, -0.15) is 0 Å². The molecule has 21 heavy (non-hydrogen) atoms. The van der Waals surface area contributed by atoms with Crippen molar-refractivity contribution < 1.29 is 23.5 Å². The summed E-state index contributed by atoms with van der Waals surface area (Å²) in [5.74, 6) is -4.08. The van der Waals surface area contributed by atoms with E-state index in [0.717, 1.165) is 12.1 Å². The second-order valence-electron chi connectivity index (χ2n) is 4.05. The Bertz CT molecular complexity index is 734. The predicted octanol–water partition coefficient (Wildman–Crippen LogP) is 3.57. The fourth-order valence-corrected chi connectivity index (χ4v) is 1.80.